The summed E-state index contributed by atoms with van der Waals surface area (Å²) in [5, 5.41) is 5.01. The average molecular weight is 290 g/mol. The van der Waals surface area contributed by atoms with E-state index in [4.69, 9.17) is 16.3 Å². The summed E-state index contributed by atoms with van der Waals surface area (Å²) in [5.41, 5.74) is 0. The summed E-state index contributed by atoms with van der Waals surface area (Å²) in [6.07, 6.45) is 0.903. The molecule has 0 fully saturated rings. The summed E-state index contributed by atoms with van der Waals surface area (Å²) in [4.78, 5) is 11.7. The van der Waals surface area contributed by atoms with Crippen LogP contribution in [0.15, 0.2) is 53.7 Å². The van der Waals surface area contributed by atoms with Crippen LogP contribution in [-0.4, -0.2) is 6.09 Å². The Morgan fingerprint density at radius 1 is 1.20 bits per heavy atom. The number of amides is 1. The van der Waals surface area contributed by atoms with Crippen LogP contribution in [0.3, 0.4) is 0 Å². The number of benzene rings is 2. The molecule has 1 N–H and O–H groups in total. The van der Waals surface area contributed by atoms with Crippen molar-refractivity contribution in [1.29, 1.82) is 0 Å². The number of allylic oxidation sites excluding steroid dienone is 1. The third kappa shape index (κ3) is 3.52. The number of rotatable bonds is 3. The molecule has 0 radical (unpaired) electrons. The van der Waals surface area contributed by atoms with Gasteiger partial charge in [-0.3, -0.25) is 5.32 Å². The fraction of sp³-hybridized carbons (Fsp3) is 0.188. The van der Waals surface area contributed by atoms with Gasteiger partial charge in [-0.2, -0.15) is 0 Å². The van der Waals surface area contributed by atoms with Crippen LogP contribution in [0.2, 0.25) is 0 Å². The molecule has 104 valence electrons. The summed E-state index contributed by atoms with van der Waals surface area (Å²) in [5.74, 6) is 0.684. The van der Waals surface area contributed by atoms with Gasteiger partial charge in [0.05, 0.1) is 0 Å². The highest BCUT2D eigenvalue weighted by Crippen LogP contribution is 2.25. The van der Waals surface area contributed by atoms with Gasteiger partial charge in [0.2, 0.25) is 0 Å². The largest absolute Gasteiger partial charge is 0.416 e. The van der Waals surface area contributed by atoms with Crippen molar-refractivity contribution in [2.45, 2.75) is 13.8 Å². The Bertz CT molecular complexity index is 644. The Labute approximate surface area is 123 Å². The molecule has 0 unspecified atom stereocenters. The van der Waals surface area contributed by atoms with Crippen molar-refractivity contribution < 1.29 is 9.53 Å². The van der Waals surface area contributed by atoms with Crippen molar-refractivity contribution in [3.05, 3.63) is 53.7 Å². The first-order valence-corrected chi connectivity index (χ1v) is 6.77. The SMILES string of the molecule is CC(C)C(Cl)=CNC(=O)Oc1cccc2ccccc12. The van der Waals surface area contributed by atoms with Crippen molar-refractivity contribution in [2.24, 2.45) is 5.92 Å². The fourth-order valence-electron chi connectivity index (χ4n) is 1.71. The Morgan fingerprint density at radius 2 is 1.90 bits per heavy atom. The number of ether oxygens (including phenoxy) is 1. The van der Waals surface area contributed by atoms with Crippen molar-refractivity contribution in [1.82, 2.24) is 5.32 Å². The van der Waals surface area contributed by atoms with E-state index in [-0.39, 0.29) is 5.92 Å². The Hall–Kier alpha value is -2.00. The van der Waals surface area contributed by atoms with Crippen molar-refractivity contribution in [2.75, 3.05) is 0 Å². The van der Waals surface area contributed by atoms with Crippen LogP contribution in [0.4, 0.5) is 4.79 Å². The van der Waals surface area contributed by atoms with Crippen LogP contribution in [0.25, 0.3) is 10.8 Å². The molecule has 0 saturated heterocycles. The first-order chi connectivity index (χ1) is 9.58. The van der Waals surface area contributed by atoms with Crippen LogP contribution >= 0.6 is 11.6 Å². The van der Waals surface area contributed by atoms with E-state index >= 15 is 0 Å². The summed E-state index contributed by atoms with van der Waals surface area (Å²) < 4.78 is 5.30. The predicted octanol–water partition coefficient (Wildman–Crippen LogP) is 4.66. The smallest absolute Gasteiger partial charge is 0.409 e. The molecule has 0 aliphatic rings. The molecule has 0 saturated carbocycles. The van der Waals surface area contributed by atoms with Gasteiger partial charge in [-0.1, -0.05) is 61.8 Å². The van der Waals surface area contributed by atoms with Gasteiger partial charge in [-0.15, -0.1) is 0 Å². The van der Waals surface area contributed by atoms with Gasteiger partial charge < -0.3 is 4.74 Å². The zero-order chi connectivity index (χ0) is 14.5. The fourth-order valence-corrected chi connectivity index (χ4v) is 1.76. The second-order valence-electron chi connectivity index (χ2n) is 4.70. The lowest BCUT2D eigenvalue weighted by Crippen LogP contribution is -2.22. The molecule has 0 bridgehead atoms. The summed E-state index contributed by atoms with van der Waals surface area (Å²) in [6, 6.07) is 13.3. The minimum absolute atomic E-state index is 0.162. The Balaban J connectivity index is 2.13. The highest BCUT2D eigenvalue weighted by Gasteiger charge is 2.07. The van der Waals surface area contributed by atoms with Gasteiger partial charge in [0.15, 0.2) is 0 Å². The lowest BCUT2D eigenvalue weighted by atomic mass is 10.1. The molecule has 2 rings (SSSR count). The van der Waals surface area contributed by atoms with E-state index in [1.54, 1.807) is 6.07 Å². The van der Waals surface area contributed by atoms with E-state index in [9.17, 15) is 4.79 Å². The Morgan fingerprint density at radius 3 is 2.65 bits per heavy atom. The molecular formula is C16H16ClNO2. The quantitative estimate of drug-likeness (QED) is 0.892. The third-order valence-corrected chi connectivity index (χ3v) is 3.38. The number of nitrogens with one attached hydrogen (secondary N) is 1. The second-order valence-corrected chi connectivity index (χ2v) is 5.13. The number of fused-ring (bicyclic) bond motifs is 1. The molecular weight excluding hydrogens is 274 g/mol. The van der Waals surface area contributed by atoms with Crippen LogP contribution in [0.5, 0.6) is 5.75 Å². The van der Waals surface area contributed by atoms with E-state index < -0.39 is 6.09 Å². The minimum Gasteiger partial charge on any atom is -0.409 e. The van der Waals surface area contributed by atoms with E-state index in [2.05, 4.69) is 5.32 Å². The molecule has 0 spiro atoms. The maximum atomic E-state index is 11.7. The highest BCUT2D eigenvalue weighted by atomic mass is 35.5. The number of carbonyl (C=O) groups excluding carboxylic acids is 1. The minimum atomic E-state index is -0.555. The van der Waals surface area contributed by atoms with E-state index in [1.165, 1.54) is 6.20 Å². The number of carbonyl (C=O) groups is 1. The van der Waals surface area contributed by atoms with Crippen LogP contribution in [0, 0.1) is 5.92 Å². The zero-order valence-electron chi connectivity index (χ0n) is 11.4. The lowest BCUT2D eigenvalue weighted by molar-refractivity contribution is 0.205. The molecule has 3 nitrogen and oxygen atoms in total. The van der Waals surface area contributed by atoms with E-state index in [0.29, 0.717) is 10.8 Å². The summed E-state index contributed by atoms with van der Waals surface area (Å²) in [7, 11) is 0. The van der Waals surface area contributed by atoms with Crippen LogP contribution in [-0.2, 0) is 0 Å². The monoisotopic (exact) mass is 289 g/mol. The normalized spacial score (nSPS) is 11.7. The number of hydrogen-bond donors (Lipinski definition) is 1. The predicted molar refractivity (Wildman–Crippen MR) is 81.9 cm³/mol. The summed E-state index contributed by atoms with van der Waals surface area (Å²) >= 11 is 5.95. The Kier molecular flexibility index (Phi) is 4.64. The second kappa shape index (κ2) is 6.44. The molecule has 2 aromatic carbocycles. The maximum Gasteiger partial charge on any atom is 0.416 e. The molecule has 0 atom stereocenters. The van der Waals surface area contributed by atoms with Crippen molar-refractivity contribution in [3.8, 4) is 5.75 Å². The van der Waals surface area contributed by atoms with Crippen molar-refractivity contribution >= 4 is 28.5 Å². The van der Waals surface area contributed by atoms with Crippen LogP contribution < -0.4 is 10.1 Å². The maximum absolute atomic E-state index is 11.7. The van der Waals surface area contributed by atoms with Crippen LogP contribution in [0.1, 0.15) is 13.8 Å². The number of halogens is 1. The first kappa shape index (κ1) is 14.4. The first-order valence-electron chi connectivity index (χ1n) is 6.39. The van der Waals surface area contributed by atoms with Gasteiger partial charge in [0.1, 0.15) is 5.75 Å². The molecule has 0 aromatic heterocycles. The van der Waals surface area contributed by atoms with Gasteiger partial charge >= 0.3 is 6.09 Å². The van der Waals surface area contributed by atoms with Gasteiger partial charge in [-0.25, -0.2) is 4.79 Å². The molecule has 1 amide bonds. The van der Waals surface area contributed by atoms with E-state index in [1.807, 2.05) is 50.2 Å². The average Bonchev–Trinajstić information content (AvgIpc) is 2.45. The van der Waals surface area contributed by atoms with Gasteiger partial charge in [0.25, 0.3) is 0 Å². The standard InChI is InChI=1S/C16H16ClNO2/c1-11(2)14(17)10-18-16(19)20-15-9-5-7-12-6-3-4-8-13(12)15/h3-11H,1-2H3,(H,18,19). The van der Waals surface area contributed by atoms with Gasteiger partial charge in [-0.05, 0) is 17.4 Å². The molecule has 0 aliphatic heterocycles. The van der Waals surface area contributed by atoms with Crippen molar-refractivity contribution in [3.63, 3.8) is 0 Å². The zero-order valence-corrected chi connectivity index (χ0v) is 12.1. The topological polar surface area (TPSA) is 38.3 Å². The lowest BCUT2D eigenvalue weighted by Gasteiger charge is -2.08. The third-order valence-electron chi connectivity index (χ3n) is 2.83. The molecule has 0 aliphatic carbocycles. The molecule has 20 heavy (non-hydrogen) atoms. The van der Waals surface area contributed by atoms with Gasteiger partial charge in [0, 0.05) is 16.6 Å². The molecule has 4 heteroatoms. The van der Waals surface area contributed by atoms with E-state index in [0.717, 1.165) is 10.8 Å². The molecule has 0 heterocycles. The number of hydrogen-bond acceptors (Lipinski definition) is 2. The highest BCUT2D eigenvalue weighted by molar-refractivity contribution is 6.29. The summed E-state index contributed by atoms with van der Waals surface area (Å²) in [6.45, 7) is 3.88. The molecule has 2 aromatic rings.